The van der Waals surface area contributed by atoms with Crippen LogP contribution in [0.4, 0.5) is 5.69 Å². The number of anilines is 1. The Hall–Kier alpha value is -2.36. The number of H-pyrrole nitrogens is 1. The lowest BCUT2D eigenvalue weighted by Crippen LogP contribution is -2.48. The molecule has 1 aliphatic rings. The van der Waals surface area contributed by atoms with Gasteiger partial charge in [0.25, 0.3) is 5.91 Å². The first-order valence-electron chi connectivity index (χ1n) is 8.77. The van der Waals surface area contributed by atoms with Crippen LogP contribution < -0.4 is 10.0 Å². The maximum Gasteiger partial charge on any atom is 0.254 e. The van der Waals surface area contributed by atoms with E-state index in [4.69, 9.17) is 5.14 Å². The summed E-state index contributed by atoms with van der Waals surface area (Å²) in [7, 11) is -3.83. The lowest BCUT2D eigenvalue weighted by Gasteiger charge is -2.36. The van der Waals surface area contributed by atoms with Gasteiger partial charge < -0.3 is 14.8 Å². The monoisotopic (exact) mass is 462 g/mol. The Morgan fingerprint density at radius 2 is 1.82 bits per heavy atom. The summed E-state index contributed by atoms with van der Waals surface area (Å²) in [4.78, 5) is 20.1. The van der Waals surface area contributed by atoms with Crippen LogP contribution in [0.1, 0.15) is 10.4 Å². The summed E-state index contributed by atoms with van der Waals surface area (Å²) in [6.45, 7) is 2.64. The highest BCUT2D eigenvalue weighted by molar-refractivity contribution is 9.10. The van der Waals surface area contributed by atoms with Crippen molar-refractivity contribution in [3.63, 3.8) is 0 Å². The first-order chi connectivity index (χ1) is 13.3. The highest BCUT2D eigenvalue weighted by Gasteiger charge is 2.24. The van der Waals surface area contributed by atoms with Crippen molar-refractivity contribution in [1.82, 2.24) is 9.88 Å². The fourth-order valence-corrected chi connectivity index (χ4v) is 5.19. The van der Waals surface area contributed by atoms with E-state index in [0.29, 0.717) is 23.1 Å². The number of carbonyl (C=O) groups is 1. The molecule has 9 heteroatoms. The van der Waals surface area contributed by atoms with Gasteiger partial charge >= 0.3 is 0 Å². The number of rotatable bonds is 3. The molecule has 3 N–H and O–H groups in total. The molecule has 3 aromatic rings. The first kappa shape index (κ1) is 19.0. The van der Waals surface area contributed by atoms with E-state index in [1.54, 1.807) is 4.90 Å². The minimum atomic E-state index is -3.83. The molecule has 1 fully saturated rings. The number of hydrogen-bond donors (Lipinski definition) is 2. The predicted octanol–water partition coefficient (Wildman–Crippen LogP) is 2.54. The number of carbonyl (C=O) groups excluding carboxylic acids is 1. The van der Waals surface area contributed by atoms with Crippen LogP contribution in [-0.4, -0.2) is 50.4 Å². The SMILES string of the molecule is NS(=O)(=O)c1ccc(C(=O)N2CCN(c3cccc4[nH]ccc34)CC2)cc1Br. The molecule has 1 aliphatic heterocycles. The second-order valence-corrected chi connectivity index (χ2v) is 9.07. The number of piperazine rings is 1. The molecule has 0 atom stereocenters. The number of nitrogens with one attached hydrogen (secondary N) is 1. The second kappa shape index (κ2) is 7.23. The van der Waals surface area contributed by atoms with E-state index in [9.17, 15) is 13.2 Å². The summed E-state index contributed by atoms with van der Waals surface area (Å²) in [5.41, 5.74) is 2.68. The van der Waals surface area contributed by atoms with Gasteiger partial charge in [-0.15, -0.1) is 0 Å². The zero-order valence-corrected chi connectivity index (χ0v) is 17.3. The molecule has 0 unspecified atom stereocenters. The van der Waals surface area contributed by atoms with Crippen LogP contribution in [0, 0.1) is 0 Å². The molecular formula is C19H19BrN4O3S. The first-order valence-corrected chi connectivity index (χ1v) is 11.1. The molecule has 1 amide bonds. The zero-order chi connectivity index (χ0) is 19.9. The fourth-order valence-electron chi connectivity index (χ4n) is 3.54. The Kier molecular flexibility index (Phi) is 4.90. The van der Waals surface area contributed by atoms with E-state index in [1.165, 1.54) is 23.6 Å². The summed E-state index contributed by atoms with van der Waals surface area (Å²) in [6, 6.07) is 12.6. The number of nitrogens with zero attached hydrogens (tertiary/aromatic N) is 2. The van der Waals surface area contributed by atoms with Crippen molar-refractivity contribution in [3.05, 3.63) is 58.7 Å². The summed E-state index contributed by atoms with van der Waals surface area (Å²) in [5, 5.41) is 6.34. The Labute approximate surface area is 171 Å². The predicted molar refractivity (Wildman–Crippen MR) is 112 cm³/mol. The number of nitrogens with two attached hydrogens (primary N) is 1. The van der Waals surface area contributed by atoms with E-state index in [-0.39, 0.29) is 10.8 Å². The van der Waals surface area contributed by atoms with Gasteiger partial charge in [-0.3, -0.25) is 4.79 Å². The van der Waals surface area contributed by atoms with E-state index in [0.717, 1.165) is 24.3 Å². The lowest BCUT2D eigenvalue weighted by molar-refractivity contribution is 0.0746. The Morgan fingerprint density at radius 3 is 2.50 bits per heavy atom. The molecule has 7 nitrogen and oxygen atoms in total. The van der Waals surface area contributed by atoms with Crippen LogP contribution in [0.3, 0.4) is 0 Å². The molecular weight excluding hydrogens is 444 g/mol. The van der Waals surface area contributed by atoms with Gasteiger partial charge in [0.1, 0.15) is 0 Å². The topological polar surface area (TPSA) is 99.5 Å². The van der Waals surface area contributed by atoms with Gasteiger partial charge in [0.2, 0.25) is 10.0 Å². The van der Waals surface area contributed by atoms with Gasteiger partial charge in [0.15, 0.2) is 0 Å². The van der Waals surface area contributed by atoms with Crippen LogP contribution in [-0.2, 0) is 10.0 Å². The minimum Gasteiger partial charge on any atom is -0.367 e. The molecule has 0 radical (unpaired) electrons. The lowest BCUT2D eigenvalue weighted by atomic mass is 10.1. The number of benzene rings is 2. The van der Waals surface area contributed by atoms with Crippen molar-refractivity contribution in [1.29, 1.82) is 0 Å². The van der Waals surface area contributed by atoms with E-state index < -0.39 is 10.0 Å². The Morgan fingerprint density at radius 1 is 1.07 bits per heavy atom. The number of halogens is 1. The number of aromatic nitrogens is 1. The van der Waals surface area contributed by atoms with Gasteiger partial charge in [-0.05, 0) is 52.3 Å². The minimum absolute atomic E-state index is 0.0338. The molecule has 4 rings (SSSR count). The fraction of sp³-hybridized carbons (Fsp3) is 0.211. The van der Waals surface area contributed by atoms with Gasteiger partial charge in [0.05, 0.1) is 4.90 Å². The highest BCUT2D eigenvalue weighted by Crippen LogP contribution is 2.28. The van der Waals surface area contributed by atoms with E-state index in [2.05, 4.69) is 37.9 Å². The van der Waals surface area contributed by atoms with Gasteiger partial charge in [-0.2, -0.15) is 0 Å². The van der Waals surface area contributed by atoms with Gasteiger partial charge in [-0.1, -0.05) is 6.07 Å². The average Bonchev–Trinajstić information content (AvgIpc) is 3.15. The molecule has 0 bridgehead atoms. The molecule has 2 heterocycles. The summed E-state index contributed by atoms with van der Waals surface area (Å²) in [5.74, 6) is -0.124. The highest BCUT2D eigenvalue weighted by atomic mass is 79.9. The molecule has 0 saturated carbocycles. The van der Waals surface area contributed by atoms with Crippen molar-refractivity contribution >= 4 is 48.5 Å². The van der Waals surface area contributed by atoms with Crippen LogP contribution in [0.15, 0.2) is 58.0 Å². The molecule has 1 saturated heterocycles. The molecule has 0 spiro atoms. The number of sulfonamides is 1. The van der Waals surface area contributed by atoms with Crippen LogP contribution in [0.2, 0.25) is 0 Å². The molecule has 1 aromatic heterocycles. The van der Waals surface area contributed by atoms with Crippen LogP contribution in [0.25, 0.3) is 10.9 Å². The van der Waals surface area contributed by atoms with Crippen molar-refractivity contribution in [2.75, 3.05) is 31.1 Å². The normalized spacial score (nSPS) is 15.2. The van der Waals surface area contributed by atoms with Crippen molar-refractivity contribution < 1.29 is 13.2 Å². The Bertz CT molecular complexity index is 1150. The molecule has 0 aliphatic carbocycles. The third-order valence-electron chi connectivity index (χ3n) is 4.96. The number of primary sulfonamides is 1. The van der Waals surface area contributed by atoms with Gasteiger partial charge in [-0.25, -0.2) is 13.6 Å². The largest absolute Gasteiger partial charge is 0.367 e. The van der Waals surface area contributed by atoms with E-state index >= 15 is 0 Å². The third kappa shape index (κ3) is 3.52. The molecule has 28 heavy (non-hydrogen) atoms. The quantitative estimate of drug-likeness (QED) is 0.624. The number of amides is 1. The van der Waals surface area contributed by atoms with Gasteiger partial charge in [0, 0.05) is 59.0 Å². The molecule has 2 aromatic carbocycles. The third-order valence-corrected chi connectivity index (χ3v) is 6.85. The summed E-state index contributed by atoms with van der Waals surface area (Å²) >= 11 is 3.19. The number of aromatic amines is 1. The van der Waals surface area contributed by atoms with Crippen molar-refractivity contribution in [3.8, 4) is 0 Å². The standard InChI is InChI=1S/C19H19BrN4O3S/c20-15-12-13(4-5-18(15)28(21,26)27)19(25)24-10-8-23(9-11-24)17-3-1-2-16-14(17)6-7-22-16/h1-7,12,22H,8-11H2,(H2,21,26,27). The number of hydrogen-bond acceptors (Lipinski definition) is 4. The van der Waals surface area contributed by atoms with E-state index in [1.807, 2.05) is 18.3 Å². The smallest absolute Gasteiger partial charge is 0.254 e. The average molecular weight is 463 g/mol. The van der Waals surface area contributed by atoms with Crippen LogP contribution in [0.5, 0.6) is 0 Å². The van der Waals surface area contributed by atoms with Crippen molar-refractivity contribution in [2.45, 2.75) is 4.90 Å². The van der Waals surface area contributed by atoms with Crippen LogP contribution >= 0.6 is 15.9 Å². The summed E-state index contributed by atoms with van der Waals surface area (Å²) in [6.07, 6.45) is 1.93. The zero-order valence-electron chi connectivity index (χ0n) is 14.9. The maximum atomic E-state index is 12.8. The maximum absolute atomic E-state index is 12.8. The Balaban J connectivity index is 1.49. The van der Waals surface area contributed by atoms with Crippen molar-refractivity contribution in [2.24, 2.45) is 5.14 Å². The molecule has 146 valence electrons. The second-order valence-electron chi connectivity index (χ2n) is 6.69. The number of fused-ring (bicyclic) bond motifs is 1. The summed E-state index contributed by atoms with van der Waals surface area (Å²) < 4.78 is 23.3.